The summed E-state index contributed by atoms with van der Waals surface area (Å²) >= 11 is 0. The van der Waals surface area contributed by atoms with E-state index in [4.69, 9.17) is 0 Å². The fraction of sp³-hybridized carbons (Fsp3) is 0.529. The van der Waals surface area contributed by atoms with E-state index >= 15 is 0 Å². The Kier molecular flexibility index (Phi) is 6.45. The van der Waals surface area contributed by atoms with Crippen molar-refractivity contribution in [2.45, 2.75) is 51.1 Å². The summed E-state index contributed by atoms with van der Waals surface area (Å²) in [5.74, 6) is 0.139. The fourth-order valence-corrected chi connectivity index (χ4v) is 3.25. The van der Waals surface area contributed by atoms with Crippen LogP contribution in [0.4, 0.5) is 0 Å². The normalized spacial score (nSPS) is 20.5. The van der Waals surface area contributed by atoms with Crippen LogP contribution in [-0.2, 0) is 11.2 Å². The Bertz CT molecular complexity index is 740. The highest BCUT2D eigenvalue weighted by Crippen LogP contribution is 2.13. The first-order valence-electron chi connectivity index (χ1n) is 8.34. The number of piperidine rings is 1. The molecule has 24 heavy (non-hydrogen) atoms. The molecular formula is C17H25ClN4O2. The molecule has 4 N–H and O–H groups in total. The molecule has 1 aliphatic heterocycles. The maximum Gasteiger partial charge on any atom is 0.323 e. The number of aromatic amines is 2. The second kappa shape index (κ2) is 8.35. The van der Waals surface area contributed by atoms with Crippen LogP contribution >= 0.6 is 12.4 Å². The van der Waals surface area contributed by atoms with Crippen molar-refractivity contribution in [3.63, 3.8) is 0 Å². The largest absolute Gasteiger partial charge is 0.353 e. The van der Waals surface area contributed by atoms with Crippen LogP contribution in [0.3, 0.4) is 0 Å². The van der Waals surface area contributed by atoms with E-state index in [1.54, 1.807) is 0 Å². The van der Waals surface area contributed by atoms with Gasteiger partial charge in [0, 0.05) is 18.5 Å². The predicted molar refractivity (Wildman–Crippen MR) is 97.7 cm³/mol. The number of amides is 1. The van der Waals surface area contributed by atoms with Gasteiger partial charge in [0.2, 0.25) is 5.91 Å². The Balaban J connectivity index is 0.00000208. The number of benzene rings is 1. The Morgan fingerprint density at radius 1 is 1.29 bits per heavy atom. The van der Waals surface area contributed by atoms with Crippen molar-refractivity contribution in [3.05, 3.63) is 34.2 Å². The van der Waals surface area contributed by atoms with Crippen molar-refractivity contribution in [1.29, 1.82) is 0 Å². The molecule has 1 fully saturated rings. The van der Waals surface area contributed by atoms with Gasteiger partial charge in [0.15, 0.2) is 0 Å². The van der Waals surface area contributed by atoms with Gasteiger partial charge < -0.3 is 20.6 Å². The first-order valence-corrected chi connectivity index (χ1v) is 8.34. The fourth-order valence-electron chi connectivity index (χ4n) is 3.25. The average molecular weight is 353 g/mol. The zero-order valence-corrected chi connectivity index (χ0v) is 14.7. The van der Waals surface area contributed by atoms with Crippen LogP contribution < -0.4 is 16.3 Å². The standard InChI is InChI=1S/C17H24N4O2.ClH/c1-11-9-13(7-8-18-11)19-16(22)4-2-3-12-5-6-14-15(10-12)21-17(23)20-14;/h5-6,10-11,13,18H,2-4,7-9H2,1H3,(H,19,22)(H2,20,21,23);1H. The van der Waals surface area contributed by atoms with Gasteiger partial charge in [0.25, 0.3) is 0 Å². The molecule has 1 saturated heterocycles. The molecule has 7 heteroatoms. The van der Waals surface area contributed by atoms with E-state index in [1.165, 1.54) is 0 Å². The van der Waals surface area contributed by atoms with Crippen molar-refractivity contribution in [2.75, 3.05) is 6.54 Å². The maximum atomic E-state index is 12.0. The Morgan fingerprint density at radius 2 is 2.08 bits per heavy atom. The third kappa shape index (κ3) is 4.85. The Morgan fingerprint density at radius 3 is 2.88 bits per heavy atom. The van der Waals surface area contributed by atoms with E-state index in [9.17, 15) is 9.59 Å². The van der Waals surface area contributed by atoms with E-state index in [0.29, 0.717) is 18.5 Å². The van der Waals surface area contributed by atoms with Gasteiger partial charge in [0.05, 0.1) is 11.0 Å². The van der Waals surface area contributed by atoms with Crippen molar-refractivity contribution >= 4 is 29.3 Å². The van der Waals surface area contributed by atoms with Crippen LogP contribution in [0.15, 0.2) is 23.0 Å². The lowest BCUT2D eigenvalue weighted by atomic mass is 10.0. The van der Waals surface area contributed by atoms with Crippen molar-refractivity contribution in [1.82, 2.24) is 20.6 Å². The minimum Gasteiger partial charge on any atom is -0.353 e. The van der Waals surface area contributed by atoms with Crippen LogP contribution in [0.5, 0.6) is 0 Å². The quantitative estimate of drug-likeness (QED) is 0.662. The lowest BCUT2D eigenvalue weighted by Crippen LogP contribution is -2.46. The highest BCUT2D eigenvalue weighted by atomic mass is 35.5. The molecule has 2 heterocycles. The molecule has 6 nitrogen and oxygen atoms in total. The molecule has 0 spiro atoms. The SMILES string of the molecule is CC1CC(NC(=O)CCCc2ccc3[nH]c(=O)[nH]c3c2)CCN1.Cl. The molecule has 2 atom stereocenters. The number of hydrogen-bond donors (Lipinski definition) is 4. The average Bonchev–Trinajstić information content (AvgIpc) is 2.86. The van der Waals surface area contributed by atoms with Gasteiger partial charge in [-0.2, -0.15) is 0 Å². The summed E-state index contributed by atoms with van der Waals surface area (Å²) in [4.78, 5) is 28.8. The molecule has 0 radical (unpaired) electrons. The minimum absolute atomic E-state index is 0. The van der Waals surface area contributed by atoms with Gasteiger partial charge in [-0.15, -0.1) is 12.4 Å². The molecule has 0 saturated carbocycles. The minimum atomic E-state index is -0.187. The van der Waals surface area contributed by atoms with Crippen LogP contribution in [0, 0.1) is 0 Å². The molecular weight excluding hydrogens is 328 g/mol. The lowest BCUT2D eigenvalue weighted by Gasteiger charge is -2.28. The second-order valence-corrected chi connectivity index (χ2v) is 6.46. The van der Waals surface area contributed by atoms with E-state index in [0.717, 1.165) is 48.8 Å². The number of imidazole rings is 1. The second-order valence-electron chi connectivity index (χ2n) is 6.46. The summed E-state index contributed by atoms with van der Waals surface area (Å²) in [5.41, 5.74) is 2.58. The lowest BCUT2D eigenvalue weighted by molar-refractivity contribution is -0.122. The molecule has 1 aromatic carbocycles. The van der Waals surface area contributed by atoms with Gasteiger partial charge in [-0.3, -0.25) is 4.79 Å². The molecule has 1 aliphatic rings. The van der Waals surface area contributed by atoms with Crippen LogP contribution in [-0.4, -0.2) is 34.5 Å². The number of aromatic nitrogens is 2. The number of aryl methyl sites for hydroxylation is 1. The van der Waals surface area contributed by atoms with E-state index in [2.05, 4.69) is 27.5 Å². The number of carbonyl (C=O) groups is 1. The number of H-pyrrole nitrogens is 2. The summed E-state index contributed by atoms with van der Waals surface area (Å²) < 4.78 is 0. The third-order valence-electron chi connectivity index (χ3n) is 4.44. The van der Waals surface area contributed by atoms with Crippen LogP contribution in [0.25, 0.3) is 11.0 Å². The molecule has 1 amide bonds. The van der Waals surface area contributed by atoms with Crippen molar-refractivity contribution < 1.29 is 4.79 Å². The Hall–Kier alpha value is -1.79. The van der Waals surface area contributed by atoms with Crippen LogP contribution in [0.1, 0.15) is 38.2 Å². The van der Waals surface area contributed by atoms with Crippen LogP contribution in [0.2, 0.25) is 0 Å². The maximum absolute atomic E-state index is 12.0. The number of rotatable bonds is 5. The zero-order chi connectivity index (χ0) is 16.2. The summed E-state index contributed by atoms with van der Waals surface area (Å²) in [7, 11) is 0. The molecule has 0 bridgehead atoms. The zero-order valence-electron chi connectivity index (χ0n) is 13.9. The number of hydrogen-bond acceptors (Lipinski definition) is 3. The molecule has 2 aromatic rings. The summed E-state index contributed by atoms with van der Waals surface area (Å²) in [6.07, 6.45) is 4.20. The number of nitrogens with one attached hydrogen (secondary N) is 4. The number of carbonyl (C=O) groups excluding carboxylic acids is 1. The predicted octanol–water partition coefficient (Wildman–Crippen LogP) is 1.86. The van der Waals surface area contributed by atoms with Gasteiger partial charge in [-0.1, -0.05) is 6.07 Å². The molecule has 0 aliphatic carbocycles. The monoisotopic (exact) mass is 352 g/mol. The molecule has 3 rings (SSSR count). The summed E-state index contributed by atoms with van der Waals surface area (Å²) in [5, 5.41) is 6.52. The molecule has 1 aromatic heterocycles. The van der Waals surface area contributed by atoms with E-state index in [-0.39, 0.29) is 24.0 Å². The van der Waals surface area contributed by atoms with Gasteiger partial charge in [-0.25, -0.2) is 4.79 Å². The van der Waals surface area contributed by atoms with Gasteiger partial charge in [0.1, 0.15) is 0 Å². The highest BCUT2D eigenvalue weighted by Gasteiger charge is 2.19. The van der Waals surface area contributed by atoms with Gasteiger partial charge >= 0.3 is 5.69 Å². The third-order valence-corrected chi connectivity index (χ3v) is 4.44. The topological polar surface area (TPSA) is 89.8 Å². The van der Waals surface area contributed by atoms with Crippen molar-refractivity contribution in [2.24, 2.45) is 0 Å². The first-order chi connectivity index (χ1) is 11.1. The summed E-state index contributed by atoms with van der Waals surface area (Å²) in [6, 6.07) is 6.65. The van der Waals surface area contributed by atoms with E-state index < -0.39 is 0 Å². The molecule has 2 unspecified atom stereocenters. The number of fused-ring (bicyclic) bond motifs is 1. The molecule has 132 valence electrons. The van der Waals surface area contributed by atoms with Gasteiger partial charge in [-0.05, 0) is 56.8 Å². The smallest absolute Gasteiger partial charge is 0.323 e. The first kappa shape index (κ1) is 18.5. The number of halogens is 1. The summed E-state index contributed by atoms with van der Waals surface area (Å²) in [6.45, 7) is 3.13. The van der Waals surface area contributed by atoms with Crippen molar-refractivity contribution in [3.8, 4) is 0 Å². The van der Waals surface area contributed by atoms with E-state index in [1.807, 2.05) is 18.2 Å². The Labute approximate surface area is 147 Å². The highest BCUT2D eigenvalue weighted by molar-refractivity contribution is 5.85.